The fourth-order valence-corrected chi connectivity index (χ4v) is 2.93. The van der Waals surface area contributed by atoms with Crippen LogP contribution >= 0.6 is 0 Å². The van der Waals surface area contributed by atoms with E-state index < -0.39 is 5.97 Å². The van der Waals surface area contributed by atoms with Gasteiger partial charge >= 0.3 is 5.97 Å². The van der Waals surface area contributed by atoms with E-state index in [0.29, 0.717) is 31.3 Å². The normalized spacial score (nSPS) is 11.5. The number of carbonyl (C=O) groups is 1. The van der Waals surface area contributed by atoms with Gasteiger partial charge in [-0.05, 0) is 48.7 Å². The van der Waals surface area contributed by atoms with Crippen LogP contribution in [0.25, 0.3) is 0 Å². The van der Waals surface area contributed by atoms with Crippen LogP contribution in [0.2, 0.25) is 0 Å². The maximum atomic E-state index is 11.1. The molecule has 0 amide bonds. The van der Waals surface area contributed by atoms with Crippen LogP contribution in [0.3, 0.4) is 0 Å². The second kappa shape index (κ2) is 14.1. The van der Waals surface area contributed by atoms with E-state index in [9.17, 15) is 4.79 Å². The van der Waals surface area contributed by atoms with Crippen molar-refractivity contribution in [1.29, 1.82) is 0 Å². The molecule has 2 aromatic rings. The first-order valence-corrected chi connectivity index (χ1v) is 11.0. The number of unbranched alkanes of at least 4 members (excludes halogenated alkanes) is 1. The minimum atomic E-state index is -0.455. The van der Waals surface area contributed by atoms with E-state index in [0.717, 1.165) is 36.7 Å². The zero-order valence-corrected chi connectivity index (χ0v) is 19.3. The summed E-state index contributed by atoms with van der Waals surface area (Å²) >= 11 is 0. The molecule has 0 fully saturated rings. The summed E-state index contributed by atoms with van der Waals surface area (Å²) in [6.45, 7) is 9.09. The van der Waals surface area contributed by atoms with Crippen LogP contribution < -0.4 is 14.2 Å². The molecular formula is C26H34O6. The zero-order chi connectivity index (χ0) is 23.2. The molecule has 2 aromatic carbocycles. The van der Waals surface area contributed by atoms with Gasteiger partial charge < -0.3 is 23.7 Å². The van der Waals surface area contributed by atoms with E-state index in [1.807, 2.05) is 49.4 Å². The highest BCUT2D eigenvalue weighted by Crippen LogP contribution is 2.32. The Labute approximate surface area is 191 Å². The minimum Gasteiger partial charge on any atom is -0.497 e. The molecule has 0 heterocycles. The van der Waals surface area contributed by atoms with Crippen molar-refractivity contribution < 1.29 is 28.5 Å². The van der Waals surface area contributed by atoms with Crippen molar-refractivity contribution in [2.45, 2.75) is 39.2 Å². The second-order valence-corrected chi connectivity index (χ2v) is 7.24. The molecule has 32 heavy (non-hydrogen) atoms. The zero-order valence-electron chi connectivity index (χ0n) is 19.3. The molecule has 0 aliphatic heterocycles. The number of ether oxygens (including phenoxy) is 5. The molecular weight excluding hydrogens is 408 g/mol. The third kappa shape index (κ3) is 8.63. The topological polar surface area (TPSA) is 63.2 Å². The number of esters is 1. The summed E-state index contributed by atoms with van der Waals surface area (Å²) in [5.41, 5.74) is 2.14. The number of benzene rings is 2. The molecule has 0 radical (unpaired) electrons. The second-order valence-electron chi connectivity index (χ2n) is 7.24. The molecule has 0 saturated carbocycles. The number of hydrogen-bond acceptors (Lipinski definition) is 6. The van der Waals surface area contributed by atoms with Crippen LogP contribution in [0.4, 0.5) is 0 Å². The molecule has 174 valence electrons. The highest BCUT2D eigenvalue weighted by atomic mass is 16.6. The van der Waals surface area contributed by atoms with Crippen molar-refractivity contribution in [2.24, 2.45) is 0 Å². The van der Waals surface area contributed by atoms with Gasteiger partial charge in [0.25, 0.3) is 0 Å². The van der Waals surface area contributed by atoms with E-state index in [2.05, 4.69) is 13.5 Å². The quantitative estimate of drug-likeness (QED) is 0.212. The number of carbonyl (C=O) groups excluding carboxylic acids is 1. The molecule has 0 aromatic heterocycles. The predicted molar refractivity (Wildman–Crippen MR) is 125 cm³/mol. The monoisotopic (exact) mass is 442 g/mol. The molecule has 1 atom stereocenters. The fraction of sp³-hybridized carbons (Fsp3) is 0.423. The fourth-order valence-electron chi connectivity index (χ4n) is 2.93. The lowest BCUT2D eigenvalue weighted by atomic mass is 10.1. The maximum Gasteiger partial charge on any atom is 0.330 e. The Balaban J connectivity index is 1.96. The van der Waals surface area contributed by atoms with Crippen LogP contribution in [0.1, 0.15) is 43.9 Å². The summed E-state index contributed by atoms with van der Waals surface area (Å²) in [5, 5.41) is 0. The Kier molecular flexibility index (Phi) is 11.2. The van der Waals surface area contributed by atoms with Crippen molar-refractivity contribution >= 4 is 5.97 Å². The van der Waals surface area contributed by atoms with Crippen molar-refractivity contribution in [3.05, 3.63) is 66.2 Å². The summed E-state index contributed by atoms with van der Waals surface area (Å²) < 4.78 is 28.0. The minimum absolute atomic E-state index is 0.181. The van der Waals surface area contributed by atoms with Crippen LogP contribution in [0.15, 0.2) is 55.1 Å². The van der Waals surface area contributed by atoms with Crippen molar-refractivity contribution in [3.63, 3.8) is 0 Å². The molecule has 0 aliphatic carbocycles. The van der Waals surface area contributed by atoms with Gasteiger partial charge in [0, 0.05) is 12.5 Å². The number of hydrogen-bond donors (Lipinski definition) is 0. The lowest BCUT2D eigenvalue weighted by molar-refractivity contribution is -0.139. The van der Waals surface area contributed by atoms with E-state index in [4.69, 9.17) is 23.7 Å². The van der Waals surface area contributed by atoms with Gasteiger partial charge in [0.15, 0.2) is 11.5 Å². The van der Waals surface area contributed by atoms with Crippen molar-refractivity contribution in [2.75, 3.05) is 33.5 Å². The van der Waals surface area contributed by atoms with E-state index >= 15 is 0 Å². The van der Waals surface area contributed by atoms with Crippen molar-refractivity contribution in [3.8, 4) is 17.2 Å². The molecule has 0 saturated heterocycles. The Bertz CT molecular complexity index is 831. The standard InChI is InChI=1S/C26H34O6/c1-5-7-15-30-25-19-22(20(3)29-17-18-32-26(27)6-2)10-13-24(25)31-16-14-21-8-11-23(28-4)12-9-21/h6,8-13,19-20H,2,5,7,14-18H2,1,3-4H3. The Morgan fingerprint density at radius 2 is 1.75 bits per heavy atom. The number of methoxy groups -OCH3 is 1. The van der Waals surface area contributed by atoms with Crippen LogP contribution in [0, 0.1) is 0 Å². The molecule has 0 N–H and O–H groups in total. The van der Waals surface area contributed by atoms with Gasteiger partial charge in [-0.25, -0.2) is 4.79 Å². The average molecular weight is 443 g/mol. The molecule has 6 heteroatoms. The maximum absolute atomic E-state index is 11.1. The highest BCUT2D eigenvalue weighted by molar-refractivity contribution is 5.81. The van der Waals surface area contributed by atoms with Crippen LogP contribution in [-0.4, -0.2) is 39.5 Å². The van der Waals surface area contributed by atoms with E-state index in [1.165, 1.54) is 5.56 Å². The SMILES string of the molecule is C=CC(=O)OCCOC(C)c1ccc(OCCc2ccc(OC)cc2)c(OCCCC)c1. The molecule has 2 rings (SSSR count). The lowest BCUT2D eigenvalue weighted by Crippen LogP contribution is -2.11. The van der Waals surface area contributed by atoms with Gasteiger partial charge in [0.05, 0.1) is 33.0 Å². The largest absolute Gasteiger partial charge is 0.497 e. The first kappa shape index (κ1) is 25.3. The smallest absolute Gasteiger partial charge is 0.330 e. The summed E-state index contributed by atoms with van der Waals surface area (Å²) in [6.07, 6.45) is 3.76. The van der Waals surface area contributed by atoms with Gasteiger partial charge in [-0.2, -0.15) is 0 Å². The summed E-state index contributed by atoms with van der Waals surface area (Å²) in [7, 11) is 1.66. The third-order valence-corrected chi connectivity index (χ3v) is 4.86. The van der Waals surface area contributed by atoms with Gasteiger partial charge in [-0.3, -0.25) is 0 Å². The Hall–Kier alpha value is -2.99. The summed E-state index contributed by atoms with van der Waals surface area (Å²) in [4.78, 5) is 11.1. The molecule has 6 nitrogen and oxygen atoms in total. The van der Waals surface area contributed by atoms with Gasteiger partial charge in [-0.15, -0.1) is 0 Å². The van der Waals surface area contributed by atoms with Gasteiger partial charge in [-0.1, -0.05) is 38.1 Å². The molecule has 0 aliphatic rings. The molecule has 0 bridgehead atoms. The number of rotatable bonds is 15. The lowest BCUT2D eigenvalue weighted by Gasteiger charge is -2.18. The van der Waals surface area contributed by atoms with E-state index in [1.54, 1.807) is 7.11 Å². The molecule has 1 unspecified atom stereocenters. The summed E-state index contributed by atoms with van der Waals surface area (Å²) in [6, 6.07) is 13.8. The predicted octanol–water partition coefficient (Wildman–Crippen LogP) is 5.30. The van der Waals surface area contributed by atoms with Crippen LogP contribution in [-0.2, 0) is 20.7 Å². The van der Waals surface area contributed by atoms with Gasteiger partial charge in [0.2, 0.25) is 0 Å². The molecule has 0 spiro atoms. The third-order valence-electron chi connectivity index (χ3n) is 4.86. The first-order valence-electron chi connectivity index (χ1n) is 11.0. The average Bonchev–Trinajstić information content (AvgIpc) is 2.82. The Morgan fingerprint density at radius 3 is 2.44 bits per heavy atom. The van der Waals surface area contributed by atoms with Crippen LogP contribution in [0.5, 0.6) is 17.2 Å². The van der Waals surface area contributed by atoms with E-state index in [-0.39, 0.29) is 12.7 Å². The first-order chi connectivity index (χ1) is 15.6. The van der Waals surface area contributed by atoms with Gasteiger partial charge in [0.1, 0.15) is 12.4 Å². The Morgan fingerprint density at radius 1 is 1.00 bits per heavy atom. The highest BCUT2D eigenvalue weighted by Gasteiger charge is 2.12. The summed E-state index contributed by atoms with van der Waals surface area (Å²) in [5.74, 6) is 1.81. The van der Waals surface area contributed by atoms with Crippen molar-refractivity contribution in [1.82, 2.24) is 0 Å².